The molecule has 1 aromatic heterocycles. The van der Waals surface area contributed by atoms with Crippen molar-refractivity contribution in [2.45, 2.75) is 5.03 Å². The monoisotopic (exact) mass is 339 g/mol. The molecule has 0 spiro atoms. The fraction of sp³-hybridized carbons (Fsp3) is 0.0588. The van der Waals surface area contributed by atoms with Gasteiger partial charge in [0, 0.05) is 11.5 Å². The van der Waals surface area contributed by atoms with E-state index in [1.165, 1.54) is 23.9 Å². The van der Waals surface area contributed by atoms with Crippen LogP contribution in [0.4, 0.5) is 11.4 Å². The van der Waals surface area contributed by atoms with E-state index in [1.807, 2.05) is 36.4 Å². The summed E-state index contributed by atoms with van der Waals surface area (Å²) < 4.78 is 0. The lowest BCUT2D eigenvalue weighted by Crippen LogP contribution is -2.15. The number of para-hydroxylation sites is 3. The Bertz CT molecular complexity index is 914. The summed E-state index contributed by atoms with van der Waals surface area (Å²) in [6, 6.07) is 17.6. The summed E-state index contributed by atoms with van der Waals surface area (Å²) in [5.74, 6) is -0.193. The first-order valence-corrected chi connectivity index (χ1v) is 8.14. The minimum absolute atomic E-state index is 0.122. The van der Waals surface area contributed by atoms with Gasteiger partial charge in [-0.15, -0.1) is 0 Å². The number of hydrogen-bond donors (Lipinski definition) is 1. The maximum atomic E-state index is 12.0. The number of carbonyl (C=O) groups is 1. The number of nitro groups is 1. The van der Waals surface area contributed by atoms with Crippen molar-refractivity contribution in [2.75, 3.05) is 11.1 Å². The number of thioether (sulfide) groups is 1. The zero-order valence-electron chi connectivity index (χ0n) is 12.5. The average molecular weight is 339 g/mol. The van der Waals surface area contributed by atoms with E-state index in [2.05, 4.69) is 10.3 Å². The lowest BCUT2D eigenvalue weighted by atomic mass is 10.2. The van der Waals surface area contributed by atoms with Gasteiger partial charge in [0.2, 0.25) is 5.91 Å². The van der Waals surface area contributed by atoms with E-state index in [9.17, 15) is 14.9 Å². The Labute approximate surface area is 142 Å². The van der Waals surface area contributed by atoms with Crippen LogP contribution in [0.2, 0.25) is 0 Å². The molecular weight excluding hydrogens is 326 g/mol. The second-order valence-electron chi connectivity index (χ2n) is 4.95. The molecule has 6 nitrogen and oxygen atoms in total. The van der Waals surface area contributed by atoms with E-state index in [4.69, 9.17) is 0 Å². The number of amides is 1. The molecule has 0 atom stereocenters. The predicted octanol–water partition coefficient (Wildman–Crippen LogP) is 3.87. The van der Waals surface area contributed by atoms with Crippen LogP contribution in [-0.4, -0.2) is 21.6 Å². The van der Waals surface area contributed by atoms with Crippen molar-refractivity contribution in [1.82, 2.24) is 4.98 Å². The van der Waals surface area contributed by atoms with Gasteiger partial charge in [-0.05, 0) is 18.2 Å². The topological polar surface area (TPSA) is 85.1 Å². The molecule has 24 heavy (non-hydrogen) atoms. The number of pyridine rings is 1. The minimum atomic E-state index is -0.520. The molecule has 2 aromatic carbocycles. The number of aromatic nitrogens is 1. The Morgan fingerprint density at radius 3 is 2.67 bits per heavy atom. The fourth-order valence-corrected chi connectivity index (χ4v) is 2.87. The van der Waals surface area contributed by atoms with Crippen molar-refractivity contribution in [3.63, 3.8) is 0 Å². The highest BCUT2D eigenvalue weighted by molar-refractivity contribution is 7.99. The lowest BCUT2D eigenvalue weighted by molar-refractivity contribution is -0.383. The number of nitrogens with zero attached hydrogens (tertiary/aromatic N) is 2. The maximum Gasteiger partial charge on any atom is 0.292 e. The predicted molar refractivity (Wildman–Crippen MR) is 94.2 cm³/mol. The zero-order valence-corrected chi connectivity index (χ0v) is 13.3. The molecule has 120 valence electrons. The first kappa shape index (κ1) is 15.9. The molecule has 0 unspecified atom stereocenters. The van der Waals surface area contributed by atoms with Crippen LogP contribution in [0, 0.1) is 10.1 Å². The number of hydrogen-bond acceptors (Lipinski definition) is 5. The average Bonchev–Trinajstić information content (AvgIpc) is 2.60. The van der Waals surface area contributed by atoms with Crippen LogP contribution >= 0.6 is 11.8 Å². The molecule has 1 amide bonds. The zero-order chi connectivity index (χ0) is 16.9. The van der Waals surface area contributed by atoms with Crippen molar-refractivity contribution >= 4 is 39.9 Å². The summed E-state index contributed by atoms with van der Waals surface area (Å²) >= 11 is 1.28. The number of benzene rings is 2. The van der Waals surface area contributed by atoms with Gasteiger partial charge in [-0.2, -0.15) is 0 Å². The molecule has 1 N–H and O–H groups in total. The van der Waals surface area contributed by atoms with Gasteiger partial charge in [0.15, 0.2) is 0 Å². The van der Waals surface area contributed by atoms with E-state index >= 15 is 0 Å². The Hall–Kier alpha value is -2.93. The third-order valence-electron chi connectivity index (χ3n) is 3.30. The summed E-state index contributed by atoms with van der Waals surface area (Å²) in [5, 5.41) is 15.3. The quantitative estimate of drug-likeness (QED) is 0.433. The Balaban J connectivity index is 1.66. The number of nitrogens with one attached hydrogen (secondary N) is 1. The van der Waals surface area contributed by atoms with E-state index in [-0.39, 0.29) is 23.0 Å². The van der Waals surface area contributed by atoms with Crippen LogP contribution in [0.1, 0.15) is 0 Å². The molecule has 0 aliphatic carbocycles. The second kappa shape index (κ2) is 7.10. The third-order valence-corrected chi connectivity index (χ3v) is 4.23. The van der Waals surface area contributed by atoms with Gasteiger partial charge in [-0.25, -0.2) is 4.98 Å². The standard InChI is InChI=1S/C17H13N3O3S/c21-16(18-14-7-3-4-8-15(14)20(22)23)11-24-17-10-9-12-5-1-2-6-13(12)19-17/h1-10H,11H2,(H,18,21). The second-order valence-corrected chi connectivity index (χ2v) is 5.95. The van der Waals surface area contributed by atoms with Gasteiger partial charge >= 0.3 is 0 Å². The van der Waals surface area contributed by atoms with E-state index < -0.39 is 4.92 Å². The van der Waals surface area contributed by atoms with Crippen molar-refractivity contribution < 1.29 is 9.72 Å². The van der Waals surface area contributed by atoms with Crippen LogP contribution in [0.5, 0.6) is 0 Å². The molecule has 0 saturated carbocycles. The van der Waals surface area contributed by atoms with Gasteiger partial charge in [0.1, 0.15) is 5.69 Å². The van der Waals surface area contributed by atoms with Crippen LogP contribution in [-0.2, 0) is 4.79 Å². The third kappa shape index (κ3) is 3.69. The minimum Gasteiger partial charge on any atom is -0.320 e. The number of rotatable bonds is 5. The number of anilines is 1. The highest BCUT2D eigenvalue weighted by Gasteiger charge is 2.14. The molecule has 7 heteroatoms. The maximum absolute atomic E-state index is 12.0. The molecule has 3 rings (SSSR count). The van der Waals surface area contributed by atoms with Crippen LogP contribution in [0.15, 0.2) is 65.7 Å². The Morgan fingerprint density at radius 2 is 1.83 bits per heavy atom. The van der Waals surface area contributed by atoms with Crippen molar-refractivity contribution in [3.8, 4) is 0 Å². The van der Waals surface area contributed by atoms with Gasteiger partial charge in [0.05, 0.1) is 21.2 Å². The SMILES string of the molecule is O=C(CSc1ccc2ccccc2n1)Nc1ccccc1[N+](=O)[O-]. The van der Waals surface area contributed by atoms with E-state index in [0.29, 0.717) is 0 Å². The highest BCUT2D eigenvalue weighted by atomic mass is 32.2. The lowest BCUT2D eigenvalue weighted by Gasteiger charge is -2.06. The number of nitro benzene ring substituents is 1. The molecule has 0 fully saturated rings. The van der Waals surface area contributed by atoms with Crippen molar-refractivity contribution in [3.05, 3.63) is 70.8 Å². The van der Waals surface area contributed by atoms with Gasteiger partial charge in [-0.1, -0.05) is 48.2 Å². The summed E-state index contributed by atoms with van der Waals surface area (Å²) in [7, 11) is 0. The van der Waals surface area contributed by atoms with Crippen LogP contribution in [0.25, 0.3) is 10.9 Å². The van der Waals surface area contributed by atoms with Gasteiger partial charge < -0.3 is 5.32 Å². The summed E-state index contributed by atoms with van der Waals surface area (Å²) in [4.78, 5) is 26.9. The molecular formula is C17H13N3O3S. The highest BCUT2D eigenvalue weighted by Crippen LogP contribution is 2.24. The molecule has 0 aliphatic heterocycles. The van der Waals surface area contributed by atoms with Gasteiger partial charge in [0.25, 0.3) is 5.69 Å². The van der Waals surface area contributed by atoms with Gasteiger partial charge in [-0.3, -0.25) is 14.9 Å². The molecule has 0 radical (unpaired) electrons. The number of fused-ring (bicyclic) bond motifs is 1. The van der Waals surface area contributed by atoms with E-state index in [1.54, 1.807) is 12.1 Å². The summed E-state index contributed by atoms with van der Waals surface area (Å²) in [5.41, 5.74) is 0.931. The largest absolute Gasteiger partial charge is 0.320 e. The van der Waals surface area contributed by atoms with Crippen molar-refractivity contribution in [2.24, 2.45) is 0 Å². The molecule has 3 aromatic rings. The number of carbonyl (C=O) groups excluding carboxylic acids is 1. The Kier molecular flexibility index (Phi) is 4.72. The first-order chi connectivity index (χ1) is 11.6. The molecule has 1 heterocycles. The molecule has 0 bridgehead atoms. The first-order valence-electron chi connectivity index (χ1n) is 7.15. The van der Waals surface area contributed by atoms with Crippen LogP contribution < -0.4 is 5.32 Å². The normalized spacial score (nSPS) is 10.5. The Morgan fingerprint density at radius 1 is 1.08 bits per heavy atom. The van der Waals surface area contributed by atoms with Crippen molar-refractivity contribution in [1.29, 1.82) is 0 Å². The van der Waals surface area contributed by atoms with E-state index in [0.717, 1.165) is 15.9 Å². The summed E-state index contributed by atoms with van der Waals surface area (Å²) in [6.07, 6.45) is 0. The van der Waals surface area contributed by atoms with Crippen LogP contribution in [0.3, 0.4) is 0 Å². The summed E-state index contributed by atoms with van der Waals surface area (Å²) in [6.45, 7) is 0. The fourth-order valence-electron chi connectivity index (χ4n) is 2.19. The molecule has 0 aliphatic rings. The molecule has 0 saturated heterocycles. The smallest absolute Gasteiger partial charge is 0.292 e.